The van der Waals surface area contributed by atoms with Gasteiger partial charge in [0.25, 0.3) is 0 Å². The van der Waals surface area contributed by atoms with Crippen LogP contribution < -0.4 is 0 Å². The van der Waals surface area contributed by atoms with E-state index in [-0.39, 0.29) is 43.0 Å². The van der Waals surface area contributed by atoms with Gasteiger partial charge in [-0.1, -0.05) is 0 Å². The topological polar surface area (TPSA) is 93.5 Å². The lowest BCUT2D eigenvalue weighted by Crippen LogP contribution is -2.29. The SMILES string of the molecule is CCOC(=O)C[C@H]1CC[C@H](/C(C#N)=C/C=O)[C@H]1C(=O)OCC. The molecule has 0 aromatic heterocycles. The van der Waals surface area contributed by atoms with E-state index < -0.39 is 11.9 Å². The van der Waals surface area contributed by atoms with Crippen LogP contribution in [0.4, 0.5) is 0 Å². The Morgan fingerprint density at radius 3 is 2.45 bits per heavy atom. The van der Waals surface area contributed by atoms with E-state index in [9.17, 15) is 19.6 Å². The van der Waals surface area contributed by atoms with Crippen molar-refractivity contribution in [3.63, 3.8) is 0 Å². The van der Waals surface area contributed by atoms with Gasteiger partial charge in [-0.25, -0.2) is 0 Å². The van der Waals surface area contributed by atoms with E-state index >= 15 is 0 Å². The summed E-state index contributed by atoms with van der Waals surface area (Å²) in [6.45, 7) is 3.94. The molecule has 1 saturated carbocycles. The highest BCUT2D eigenvalue weighted by molar-refractivity contribution is 5.77. The third-order valence-electron chi connectivity index (χ3n) is 3.86. The maximum Gasteiger partial charge on any atom is 0.309 e. The van der Waals surface area contributed by atoms with Gasteiger partial charge in [0.1, 0.15) is 6.29 Å². The molecule has 6 heteroatoms. The molecule has 0 heterocycles. The van der Waals surface area contributed by atoms with Crippen LogP contribution in [0.5, 0.6) is 0 Å². The van der Waals surface area contributed by atoms with Gasteiger partial charge in [-0.2, -0.15) is 5.26 Å². The number of aldehydes is 1. The maximum atomic E-state index is 12.2. The summed E-state index contributed by atoms with van der Waals surface area (Å²) in [6, 6.07) is 1.98. The molecule has 0 saturated heterocycles. The number of rotatable bonds is 7. The summed E-state index contributed by atoms with van der Waals surface area (Å²) in [4.78, 5) is 34.6. The smallest absolute Gasteiger partial charge is 0.309 e. The molecule has 0 radical (unpaired) electrons. The zero-order chi connectivity index (χ0) is 16.5. The number of nitrogens with zero attached hydrogens (tertiary/aromatic N) is 1. The fourth-order valence-corrected chi connectivity index (χ4v) is 3.01. The van der Waals surface area contributed by atoms with Crippen LogP contribution in [-0.2, 0) is 23.9 Å². The predicted octanol–water partition coefficient (Wildman–Crippen LogP) is 1.79. The normalized spacial score (nSPS) is 24.4. The van der Waals surface area contributed by atoms with Gasteiger partial charge in [0, 0.05) is 17.9 Å². The van der Waals surface area contributed by atoms with Gasteiger partial charge in [0.2, 0.25) is 0 Å². The Balaban J connectivity index is 2.97. The molecular weight excluding hydrogens is 286 g/mol. The van der Waals surface area contributed by atoms with E-state index in [0.717, 1.165) is 0 Å². The van der Waals surface area contributed by atoms with Crippen molar-refractivity contribution < 1.29 is 23.9 Å². The molecule has 6 nitrogen and oxygen atoms in total. The summed E-state index contributed by atoms with van der Waals surface area (Å²) in [7, 11) is 0. The predicted molar refractivity (Wildman–Crippen MR) is 77.3 cm³/mol. The summed E-state index contributed by atoms with van der Waals surface area (Å²) >= 11 is 0. The molecule has 0 aromatic rings. The molecule has 22 heavy (non-hydrogen) atoms. The third-order valence-corrected chi connectivity index (χ3v) is 3.86. The average Bonchev–Trinajstić information content (AvgIpc) is 2.88. The first-order valence-electron chi connectivity index (χ1n) is 7.46. The molecule has 1 aliphatic carbocycles. The fraction of sp³-hybridized carbons (Fsp3) is 0.625. The summed E-state index contributed by atoms with van der Waals surface area (Å²) in [6.07, 6.45) is 3.03. The zero-order valence-electron chi connectivity index (χ0n) is 12.9. The Bertz CT molecular complexity index is 491. The van der Waals surface area contributed by atoms with E-state index in [4.69, 9.17) is 9.47 Å². The lowest BCUT2D eigenvalue weighted by atomic mass is 9.83. The lowest BCUT2D eigenvalue weighted by molar-refractivity contribution is -0.152. The maximum absolute atomic E-state index is 12.2. The van der Waals surface area contributed by atoms with Crippen molar-refractivity contribution in [3.05, 3.63) is 11.6 Å². The number of allylic oxidation sites excluding steroid dienone is 2. The molecule has 1 rings (SSSR count). The van der Waals surface area contributed by atoms with Gasteiger partial charge in [0.05, 0.1) is 25.2 Å². The Kier molecular flexibility index (Phi) is 7.30. The number of nitriles is 1. The van der Waals surface area contributed by atoms with Crippen LogP contribution in [0.25, 0.3) is 0 Å². The van der Waals surface area contributed by atoms with Crippen molar-refractivity contribution >= 4 is 18.2 Å². The Morgan fingerprint density at radius 1 is 1.23 bits per heavy atom. The highest BCUT2D eigenvalue weighted by Crippen LogP contribution is 2.43. The second-order valence-corrected chi connectivity index (χ2v) is 5.10. The fourth-order valence-electron chi connectivity index (χ4n) is 3.01. The van der Waals surface area contributed by atoms with Crippen molar-refractivity contribution in [2.75, 3.05) is 13.2 Å². The van der Waals surface area contributed by atoms with Gasteiger partial charge in [-0.3, -0.25) is 14.4 Å². The summed E-state index contributed by atoms with van der Waals surface area (Å²) in [5.74, 6) is -1.98. The Hall–Kier alpha value is -2.16. The van der Waals surface area contributed by atoms with E-state index in [1.165, 1.54) is 6.08 Å². The van der Waals surface area contributed by atoms with Crippen LogP contribution in [0.3, 0.4) is 0 Å². The van der Waals surface area contributed by atoms with E-state index in [0.29, 0.717) is 19.1 Å². The van der Waals surface area contributed by atoms with Crippen LogP contribution in [0.1, 0.15) is 33.1 Å². The summed E-state index contributed by atoms with van der Waals surface area (Å²) in [5, 5.41) is 9.18. The molecule has 0 unspecified atom stereocenters. The van der Waals surface area contributed by atoms with Crippen molar-refractivity contribution in [2.24, 2.45) is 17.8 Å². The number of carbonyl (C=O) groups excluding carboxylic acids is 3. The molecule has 0 amide bonds. The number of hydrogen-bond donors (Lipinski definition) is 0. The summed E-state index contributed by atoms with van der Waals surface area (Å²) < 4.78 is 10.0. The van der Waals surface area contributed by atoms with Crippen molar-refractivity contribution in [1.82, 2.24) is 0 Å². The second kappa shape index (κ2) is 8.98. The molecule has 120 valence electrons. The van der Waals surface area contributed by atoms with Gasteiger partial charge in [-0.05, 0) is 38.7 Å². The second-order valence-electron chi connectivity index (χ2n) is 5.10. The Labute approximate surface area is 130 Å². The first-order chi connectivity index (χ1) is 10.6. The number of ether oxygens (including phenoxy) is 2. The van der Waals surface area contributed by atoms with Gasteiger partial charge in [-0.15, -0.1) is 0 Å². The van der Waals surface area contributed by atoms with E-state index in [2.05, 4.69) is 0 Å². The number of hydrogen-bond acceptors (Lipinski definition) is 6. The minimum atomic E-state index is -0.588. The molecule has 0 bridgehead atoms. The molecular formula is C16H21NO5. The quantitative estimate of drug-likeness (QED) is 0.308. The van der Waals surface area contributed by atoms with Crippen LogP contribution in [0.2, 0.25) is 0 Å². The van der Waals surface area contributed by atoms with Gasteiger partial charge in [0.15, 0.2) is 0 Å². The standard InChI is InChI=1S/C16H21NO5/c1-3-21-14(19)9-11-5-6-13(12(10-17)7-8-18)15(11)16(20)22-4-2/h7-8,11,13,15H,3-6,9H2,1-2H3/b12-7+/t11-,13-,15+/m1/s1. The highest BCUT2D eigenvalue weighted by atomic mass is 16.5. The lowest BCUT2D eigenvalue weighted by Gasteiger charge is -2.22. The molecule has 0 N–H and O–H groups in total. The van der Waals surface area contributed by atoms with Crippen molar-refractivity contribution in [1.29, 1.82) is 5.26 Å². The first-order valence-corrected chi connectivity index (χ1v) is 7.46. The van der Waals surface area contributed by atoms with E-state index in [1.807, 2.05) is 6.07 Å². The van der Waals surface area contributed by atoms with Crippen LogP contribution in [0, 0.1) is 29.1 Å². The highest BCUT2D eigenvalue weighted by Gasteiger charge is 2.44. The molecule has 0 spiro atoms. The third kappa shape index (κ3) is 4.42. The van der Waals surface area contributed by atoms with Crippen LogP contribution in [-0.4, -0.2) is 31.4 Å². The monoisotopic (exact) mass is 307 g/mol. The van der Waals surface area contributed by atoms with Crippen molar-refractivity contribution in [3.8, 4) is 6.07 Å². The number of carbonyl (C=O) groups is 3. The van der Waals surface area contributed by atoms with Crippen LogP contribution >= 0.6 is 0 Å². The molecule has 1 fully saturated rings. The van der Waals surface area contributed by atoms with Gasteiger partial charge >= 0.3 is 11.9 Å². The minimum Gasteiger partial charge on any atom is -0.466 e. The Morgan fingerprint density at radius 2 is 1.91 bits per heavy atom. The molecule has 0 aliphatic heterocycles. The molecule has 0 aromatic carbocycles. The molecule has 1 aliphatic rings. The average molecular weight is 307 g/mol. The van der Waals surface area contributed by atoms with Crippen LogP contribution in [0.15, 0.2) is 11.6 Å². The zero-order valence-corrected chi connectivity index (χ0v) is 12.9. The summed E-state index contributed by atoms with van der Waals surface area (Å²) in [5.41, 5.74) is 0.263. The minimum absolute atomic E-state index is 0.119. The first kappa shape index (κ1) is 17.9. The molecule has 3 atom stereocenters. The van der Waals surface area contributed by atoms with E-state index in [1.54, 1.807) is 13.8 Å². The van der Waals surface area contributed by atoms with Gasteiger partial charge < -0.3 is 9.47 Å². The largest absolute Gasteiger partial charge is 0.466 e. The number of esters is 2. The van der Waals surface area contributed by atoms with Crippen molar-refractivity contribution in [2.45, 2.75) is 33.1 Å².